The third-order valence-electron chi connectivity index (χ3n) is 1.63. The molecule has 0 amide bonds. The second-order valence-corrected chi connectivity index (χ2v) is 3.14. The molecule has 0 saturated carbocycles. The van der Waals surface area contributed by atoms with Crippen LogP contribution in [0.15, 0.2) is 12.3 Å². The third kappa shape index (κ3) is 1.70. The van der Waals surface area contributed by atoms with E-state index in [2.05, 4.69) is 18.8 Å². The highest BCUT2D eigenvalue weighted by Gasteiger charge is 2.04. The summed E-state index contributed by atoms with van der Waals surface area (Å²) in [4.78, 5) is 4.25. The minimum Gasteiger partial charge on any atom is -0.397 e. The van der Waals surface area contributed by atoms with Crippen LogP contribution in [-0.4, -0.2) is 4.98 Å². The number of aromatic nitrogens is 1. The van der Waals surface area contributed by atoms with E-state index in [9.17, 15) is 0 Å². The van der Waals surface area contributed by atoms with Crippen molar-refractivity contribution < 1.29 is 0 Å². The first kappa shape index (κ1) is 8.05. The summed E-state index contributed by atoms with van der Waals surface area (Å²) in [6.45, 7) is 6.18. The molecule has 0 aliphatic rings. The fourth-order valence-corrected chi connectivity index (χ4v) is 1.08. The highest BCUT2D eigenvalue weighted by atomic mass is 14.7. The van der Waals surface area contributed by atoms with E-state index in [0.717, 1.165) is 16.9 Å². The molecule has 0 radical (unpaired) electrons. The highest BCUT2D eigenvalue weighted by Crippen LogP contribution is 2.18. The second kappa shape index (κ2) is 2.91. The number of aryl methyl sites for hydroxylation is 1. The van der Waals surface area contributed by atoms with Crippen molar-refractivity contribution in [2.45, 2.75) is 26.7 Å². The summed E-state index contributed by atoms with van der Waals surface area (Å²) in [6.07, 6.45) is 1.85. The molecule has 1 rings (SSSR count). The van der Waals surface area contributed by atoms with Crippen LogP contribution in [-0.2, 0) is 0 Å². The molecular formula is C9H14N2. The lowest BCUT2D eigenvalue weighted by atomic mass is 10.1. The average Bonchev–Trinajstić information content (AvgIpc) is 1.85. The number of pyridine rings is 1. The second-order valence-electron chi connectivity index (χ2n) is 3.14. The zero-order chi connectivity index (χ0) is 8.43. The smallest absolute Gasteiger partial charge is 0.0658 e. The number of hydrogen-bond acceptors (Lipinski definition) is 2. The van der Waals surface area contributed by atoms with Crippen molar-refractivity contribution in [1.82, 2.24) is 4.98 Å². The van der Waals surface area contributed by atoms with Crippen molar-refractivity contribution in [2.24, 2.45) is 0 Å². The molecule has 0 saturated heterocycles. The van der Waals surface area contributed by atoms with Crippen molar-refractivity contribution in [2.75, 3.05) is 5.73 Å². The first-order chi connectivity index (χ1) is 5.11. The van der Waals surface area contributed by atoms with Gasteiger partial charge in [0.05, 0.1) is 11.4 Å². The van der Waals surface area contributed by atoms with Crippen LogP contribution in [0.1, 0.15) is 31.0 Å². The van der Waals surface area contributed by atoms with Gasteiger partial charge in [0.2, 0.25) is 0 Å². The lowest BCUT2D eigenvalue weighted by Gasteiger charge is -2.07. The molecule has 0 bridgehead atoms. The Balaban J connectivity index is 3.09. The number of hydrogen-bond donors (Lipinski definition) is 1. The Kier molecular flexibility index (Phi) is 2.13. The molecule has 0 aliphatic carbocycles. The zero-order valence-electron chi connectivity index (χ0n) is 7.26. The molecule has 0 unspecified atom stereocenters. The zero-order valence-corrected chi connectivity index (χ0v) is 7.26. The number of nitrogens with zero attached hydrogens (tertiary/aromatic N) is 1. The standard InChI is InChI=1S/C9H14N2/c1-6(2)9-8(10)4-7(3)5-11-9/h4-6H,10H2,1-3H3. The van der Waals surface area contributed by atoms with Crippen molar-refractivity contribution in [1.29, 1.82) is 0 Å². The summed E-state index contributed by atoms with van der Waals surface area (Å²) in [5.74, 6) is 0.413. The lowest BCUT2D eigenvalue weighted by molar-refractivity contribution is 0.825. The minimum atomic E-state index is 0.413. The maximum Gasteiger partial charge on any atom is 0.0658 e. The van der Waals surface area contributed by atoms with Crippen LogP contribution in [0.4, 0.5) is 5.69 Å². The predicted molar refractivity (Wildman–Crippen MR) is 47.5 cm³/mol. The van der Waals surface area contributed by atoms with Gasteiger partial charge in [0.1, 0.15) is 0 Å². The highest BCUT2D eigenvalue weighted by molar-refractivity contribution is 5.45. The molecule has 1 heterocycles. The van der Waals surface area contributed by atoms with Gasteiger partial charge in [-0.05, 0) is 24.5 Å². The maximum atomic E-state index is 5.76. The monoisotopic (exact) mass is 150 g/mol. The summed E-state index contributed by atoms with van der Waals surface area (Å²) in [5.41, 5.74) is 8.68. The summed E-state index contributed by atoms with van der Waals surface area (Å²) >= 11 is 0. The van der Waals surface area contributed by atoms with Gasteiger partial charge in [0.15, 0.2) is 0 Å². The Morgan fingerprint density at radius 1 is 1.45 bits per heavy atom. The van der Waals surface area contributed by atoms with E-state index in [4.69, 9.17) is 5.73 Å². The molecule has 0 aliphatic heterocycles. The van der Waals surface area contributed by atoms with Gasteiger partial charge in [0.25, 0.3) is 0 Å². The predicted octanol–water partition coefficient (Wildman–Crippen LogP) is 2.10. The van der Waals surface area contributed by atoms with Gasteiger partial charge < -0.3 is 5.73 Å². The largest absolute Gasteiger partial charge is 0.397 e. The van der Waals surface area contributed by atoms with Gasteiger partial charge in [-0.15, -0.1) is 0 Å². The fraction of sp³-hybridized carbons (Fsp3) is 0.444. The topological polar surface area (TPSA) is 38.9 Å². The summed E-state index contributed by atoms with van der Waals surface area (Å²) in [5, 5.41) is 0. The van der Waals surface area contributed by atoms with Crippen LogP contribution in [0.25, 0.3) is 0 Å². The maximum absolute atomic E-state index is 5.76. The first-order valence-electron chi connectivity index (χ1n) is 3.83. The third-order valence-corrected chi connectivity index (χ3v) is 1.63. The molecular weight excluding hydrogens is 136 g/mol. The van der Waals surface area contributed by atoms with E-state index in [1.807, 2.05) is 19.2 Å². The molecule has 0 fully saturated rings. The van der Waals surface area contributed by atoms with Gasteiger partial charge in [-0.2, -0.15) is 0 Å². The van der Waals surface area contributed by atoms with Crippen LogP contribution in [0.3, 0.4) is 0 Å². The van der Waals surface area contributed by atoms with E-state index in [0.29, 0.717) is 5.92 Å². The molecule has 0 atom stereocenters. The van der Waals surface area contributed by atoms with Gasteiger partial charge in [-0.3, -0.25) is 4.98 Å². The van der Waals surface area contributed by atoms with Crippen LogP contribution < -0.4 is 5.73 Å². The SMILES string of the molecule is Cc1cnc(C(C)C)c(N)c1. The summed E-state index contributed by atoms with van der Waals surface area (Å²) in [7, 11) is 0. The lowest BCUT2D eigenvalue weighted by Crippen LogP contribution is -1.99. The Morgan fingerprint density at radius 3 is 2.55 bits per heavy atom. The fourth-order valence-electron chi connectivity index (χ4n) is 1.08. The number of nitrogen functional groups attached to an aromatic ring is 1. The van der Waals surface area contributed by atoms with E-state index < -0.39 is 0 Å². The molecule has 2 heteroatoms. The normalized spacial score (nSPS) is 10.5. The van der Waals surface area contributed by atoms with E-state index in [1.165, 1.54) is 0 Å². The Bertz CT molecular complexity index is 254. The molecule has 11 heavy (non-hydrogen) atoms. The average molecular weight is 150 g/mol. The molecule has 0 aromatic carbocycles. The Morgan fingerprint density at radius 2 is 2.09 bits per heavy atom. The molecule has 1 aromatic heterocycles. The molecule has 2 nitrogen and oxygen atoms in total. The van der Waals surface area contributed by atoms with Crippen LogP contribution in [0.5, 0.6) is 0 Å². The molecule has 0 spiro atoms. The minimum absolute atomic E-state index is 0.413. The van der Waals surface area contributed by atoms with Gasteiger partial charge >= 0.3 is 0 Å². The van der Waals surface area contributed by atoms with Crippen molar-refractivity contribution >= 4 is 5.69 Å². The summed E-state index contributed by atoms with van der Waals surface area (Å²) in [6, 6.07) is 1.96. The van der Waals surface area contributed by atoms with Crippen LogP contribution in [0, 0.1) is 6.92 Å². The summed E-state index contributed by atoms with van der Waals surface area (Å²) < 4.78 is 0. The number of rotatable bonds is 1. The van der Waals surface area contributed by atoms with Crippen LogP contribution >= 0.6 is 0 Å². The van der Waals surface area contributed by atoms with Gasteiger partial charge in [-0.25, -0.2) is 0 Å². The van der Waals surface area contributed by atoms with E-state index in [1.54, 1.807) is 0 Å². The van der Waals surface area contributed by atoms with Crippen molar-refractivity contribution in [3.8, 4) is 0 Å². The van der Waals surface area contributed by atoms with Gasteiger partial charge in [-0.1, -0.05) is 13.8 Å². The number of nitrogens with two attached hydrogens (primary N) is 1. The van der Waals surface area contributed by atoms with Crippen molar-refractivity contribution in [3.63, 3.8) is 0 Å². The van der Waals surface area contributed by atoms with Crippen molar-refractivity contribution in [3.05, 3.63) is 23.5 Å². The Labute approximate surface area is 67.5 Å². The first-order valence-corrected chi connectivity index (χ1v) is 3.83. The number of anilines is 1. The van der Waals surface area contributed by atoms with Gasteiger partial charge in [0, 0.05) is 6.20 Å². The van der Waals surface area contributed by atoms with E-state index >= 15 is 0 Å². The molecule has 1 aromatic rings. The molecule has 60 valence electrons. The molecule has 2 N–H and O–H groups in total. The Hall–Kier alpha value is -1.05. The van der Waals surface area contributed by atoms with E-state index in [-0.39, 0.29) is 0 Å². The van der Waals surface area contributed by atoms with Crippen LogP contribution in [0.2, 0.25) is 0 Å². The quantitative estimate of drug-likeness (QED) is 0.665.